The van der Waals surface area contributed by atoms with E-state index >= 15 is 0 Å². The van der Waals surface area contributed by atoms with E-state index < -0.39 is 0 Å². The van der Waals surface area contributed by atoms with Gasteiger partial charge in [0.15, 0.2) is 5.96 Å². The summed E-state index contributed by atoms with van der Waals surface area (Å²) in [7, 11) is 0. The van der Waals surface area contributed by atoms with Gasteiger partial charge in [-0.2, -0.15) is 0 Å². The van der Waals surface area contributed by atoms with Crippen LogP contribution in [0.15, 0.2) is 23.2 Å². The van der Waals surface area contributed by atoms with Gasteiger partial charge in [-0.3, -0.25) is 4.99 Å². The van der Waals surface area contributed by atoms with Crippen LogP contribution in [0, 0.1) is 11.7 Å². The molecule has 3 rings (SSSR count). The molecule has 1 saturated carbocycles. The van der Waals surface area contributed by atoms with Crippen molar-refractivity contribution in [2.24, 2.45) is 10.9 Å². The second-order valence-electron chi connectivity index (χ2n) is 6.79. The van der Waals surface area contributed by atoms with Crippen LogP contribution in [-0.2, 0) is 4.74 Å². The average Bonchev–Trinajstić information content (AvgIpc) is 3.17. The van der Waals surface area contributed by atoms with Crippen molar-refractivity contribution in [2.75, 3.05) is 32.8 Å². The van der Waals surface area contributed by atoms with Gasteiger partial charge in [0.2, 0.25) is 0 Å². The van der Waals surface area contributed by atoms with Crippen LogP contribution in [0.25, 0.3) is 0 Å². The summed E-state index contributed by atoms with van der Waals surface area (Å²) >= 11 is 6.20. The van der Waals surface area contributed by atoms with Gasteiger partial charge in [-0.25, -0.2) is 4.39 Å². The van der Waals surface area contributed by atoms with Crippen LogP contribution < -0.4 is 5.32 Å². The molecular formula is C19H27ClFN3O. The van der Waals surface area contributed by atoms with Crippen molar-refractivity contribution in [2.45, 2.75) is 38.6 Å². The van der Waals surface area contributed by atoms with Crippen molar-refractivity contribution in [1.29, 1.82) is 0 Å². The molecule has 138 valence electrons. The summed E-state index contributed by atoms with van der Waals surface area (Å²) in [6.07, 6.45) is 2.01. The zero-order valence-electron chi connectivity index (χ0n) is 15.0. The number of aliphatic imine (C=N–C) groups is 1. The Hall–Kier alpha value is -1.33. The van der Waals surface area contributed by atoms with Crippen molar-refractivity contribution < 1.29 is 9.13 Å². The molecule has 0 radical (unpaired) electrons. The summed E-state index contributed by atoms with van der Waals surface area (Å²) in [6.45, 7) is 8.31. The molecular weight excluding hydrogens is 341 g/mol. The van der Waals surface area contributed by atoms with E-state index in [-0.39, 0.29) is 17.8 Å². The Labute approximate surface area is 154 Å². The molecule has 2 aliphatic rings. The second-order valence-corrected chi connectivity index (χ2v) is 7.19. The number of likely N-dealkylation sites (tertiary alicyclic amines) is 1. The molecule has 1 aliphatic carbocycles. The Morgan fingerprint density at radius 1 is 1.44 bits per heavy atom. The Bertz CT molecular complexity index is 604. The van der Waals surface area contributed by atoms with Gasteiger partial charge in [-0.1, -0.05) is 17.7 Å². The van der Waals surface area contributed by atoms with Crippen LogP contribution in [0.1, 0.15) is 38.2 Å². The second kappa shape index (κ2) is 8.37. The fraction of sp³-hybridized carbons (Fsp3) is 0.632. The topological polar surface area (TPSA) is 36.9 Å². The fourth-order valence-electron chi connectivity index (χ4n) is 3.54. The third-order valence-electron chi connectivity index (χ3n) is 4.93. The number of ether oxygens (including phenoxy) is 1. The molecule has 1 heterocycles. The molecule has 3 unspecified atom stereocenters. The molecule has 0 amide bonds. The van der Waals surface area contributed by atoms with E-state index in [1.54, 1.807) is 12.1 Å². The predicted octanol–water partition coefficient (Wildman–Crippen LogP) is 3.66. The lowest BCUT2D eigenvalue weighted by molar-refractivity contribution is 0.114. The summed E-state index contributed by atoms with van der Waals surface area (Å²) < 4.78 is 19.7. The number of benzene rings is 1. The van der Waals surface area contributed by atoms with Crippen molar-refractivity contribution in [1.82, 2.24) is 10.2 Å². The maximum atomic E-state index is 14.1. The van der Waals surface area contributed by atoms with Gasteiger partial charge in [0.25, 0.3) is 0 Å². The highest BCUT2D eigenvalue weighted by atomic mass is 35.5. The molecule has 4 nitrogen and oxygen atoms in total. The molecule has 0 aromatic heterocycles. The van der Waals surface area contributed by atoms with Crippen molar-refractivity contribution >= 4 is 17.6 Å². The van der Waals surface area contributed by atoms with Crippen LogP contribution in [0.5, 0.6) is 0 Å². The monoisotopic (exact) mass is 367 g/mol. The number of nitrogens with zero attached hydrogens (tertiary/aromatic N) is 2. The summed E-state index contributed by atoms with van der Waals surface area (Å²) in [4.78, 5) is 6.94. The van der Waals surface area contributed by atoms with Crippen molar-refractivity contribution in [3.8, 4) is 0 Å². The minimum absolute atomic E-state index is 0.123. The minimum atomic E-state index is -0.214. The molecule has 25 heavy (non-hydrogen) atoms. The minimum Gasteiger partial charge on any atom is -0.381 e. The maximum Gasteiger partial charge on any atom is 0.194 e. The quantitative estimate of drug-likeness (QED) is 0.615. The van der Waals surface area contributed by atoms with E-state index in [1.807, 2.05) is 13.8 Å². The SMILES string of the molecule is CCN=C(NC1CC1c1c(F)cccc1Cl)N1CCC(COCC)C1. The molecule has 1 aromatic carbocycles. The molecule has 1 aliphatic heterocycles. The van der Waals surface area contributed by atoms with Gasteiger partial charge in [-0.15, -0.1) is 0 Å². The van der Waals surface area contributed by atoms with E-state index in [1.165, 1.54) is 6.07 Å². The van der Waals surface area contributed by atoms with Crippen LogP contribution in [0.3, 0.4) is 0 Å². The number of halogens is 2. The average molecular weight is 368 g/mol. The smallest absolute Gasteiger partial charge is 0.194 e. The Kier molecular flexibility index (Phi) is 6.18. The highest BCUT2D eigenvalue weighted by Gasteiger charge is 2.42. The van der Waals surface area contributed by atoms with Crippen molar-refractivity contribution in [3.63, 3.8) is 0 Å². The number of nitrogens with one attached hydrogen (secondary N) is 1. The Balaban J connectivity index is 1.60. The zero-order valence-corrected chi connectivity index (χ0v) is 15.7. The molecule has 0 spiro atoms. The summed E-state index contributed by atoms with van der Waals surface area (Å²) in [5.41, 5.74) is 0.633. The molecule has 1 saturated heterocycles. The summed E-state index contributed by atoms with van der Waals surface area (Å²) in [6, 6.07) is 5.09. The van der Waals surface area contributed by atoms with Gasteiger partial charge in [0.1, 0.15) is 5.82 Å². The number of rotatable bonds is 6. The van der Waals surface area contributed by atoms with Gasteiger partial charge < -0.3 is 15.0 Å². The largest absolute Gasteiger partial charge is 0.381 e. The fourth-order valence-corrected chi connectivity index (χ4v) is 3.84. The van der Waals surface area contributed by atoms with Gasteiger partial charge in [0.05, 0.1) is 6.61 Å². The Morgan fingerprint density at radius 3 is 3.00 bits per heavy atom. The molecule has 3 atom stereocenters. The van der Waals surface area contributed by atoms with E-state index in [4.69, 9.17) is 16.3 Å². The zero-order chi connectivity index (χ0) is 17.8. The number of hydrogen-bond acceptors (Lipinski definition) is 2. The highest BCUT2D eigenvalue weighted by molar-refractivity contribution is 6.31. The van der Waals surface area contributed by atoms with Crippen molar-refractivity contribution in [3.05, 3.63) is 34.6 Å². The molecule has 1 aromatic rings. The third-order valence-corrected chi connectivity index (χ3v) is 5.26. The van der Waals surface area contributed by atoms with Crippen LogP contribution >= 0.6 is 11.6 Å². The van der Waals surface area contributed by atoms with Crippen LogP contribution in [0.4, 0.5) is 4.39 Å². The summed E-state index contributed by atoms with van der Waals surface area (Å²) in [5, 5.41) is 4.04. The van der Waals surface area contributed by atoms with Gasteiger partial charge in [0, 0.05) is 54.7 Å². The first-order valence-corrected chi connectivity index (χ1v) is 9.59. The Morgan fingerprint density at radius 2 is 2.28 bits per heavy atom. The standard InChI is InChI=1S/C19H27ClFN3O/c1-3-22-19(24-9-8-13(11-24)12-25-4-2)23-17-10-14(17)18-15(20)6-5-7-16(18)21/h5-7,13-14,17H,3-4,8-12H2,1-2H3,(H,22,23). The first-order chi connectivity index (χ1) is 12.1. The van der Waals surface area contributed by atoms with E-state index in [2.05, 4.69) is 15.2 Å². The molecule has 2 fully saturated rings. The molecule has 6 heteroatoms. The van der Waals surface area contributed by atoms with Crippen LogP contribution in [-0.4, -0.2) is 49.7 Å². The molecule has 0 bridgehead atoms. The van der Waals surface area contributed by atoms with Gasteiger partial charge in [-0.05, 0) is 38.8 Å². The van der Waals surface area contributed by atoms with Gasteiger partial charge >= 0.3 is 0 Å². The summed E-state index contributed by atoms with van der Waals surface area (Å²) in [5.74, 6) is 1.40. The lowest BCUT2D eigenvalue weighted by Gasteiger charge is -2.22. The maximum absolute atomic E-state index is 14.1. The number of guanidine groups is 1. The first-order valence-electron chi connectivity index (χ1n) is 9.21. The molecule has 1 N–H and O–H groups in total. The first kappa shape index (κ1) is 18.5. The van der Waals surface area contributed by atoms with E-state index in [0.29, 0.717) is 16.5 Å². The lowest BCUT2D eigenvalue weighted by Crippen LogP contribution is -2.42. The van der Waals surface area contributed by atoms with Crippen LogP contribution in [0.2, 0.25) is 5.02 Å². The van der Waals surface area contributed by atoms with E-state index in [0.717, 1.165) is 51.6 Å². The lowest BCUT2D eigenvalue weighted by atomic mass is 10.1. The van der Waals surface area contributed by atoms with E-state index in [9.17, 15) is 4.39 Å². The number of hydrogen-bond donors (Lipinski definition) is 1. The predicted molar refractivity (Wildman–Crippen MR) is 99.8 cm³/mol. The highest BCUT2D eigenvalue weighted by Crippen LogP contribution is 2.45. The third kappa shape index (κ3) is 4.45. The normalized spacial score (nSPS) is 26.2.